The standard InChI is InChI=1S/C8H8N2O5/c1-14-7-3-5(8(11)15-2)6(4-9-7)10(12)13/h3-4H,1-2H3. The molecule has 0 spiro atoms. The fraction of sp³-hybridized carbons (Fsp3) is 0.250. The van der Waals surface area contributed by atoms with E-state index in [0.717, 1.165) is 19.4 Å². The monoisotopic (exact) mass is 212 g/mol. The molecule has 0 unspecified atom stereocenters. The SMILES string of the molecule is COC(=O)c1cc(OC)ncc1[N+](=O)[O-]. The number of rotatable bonds is 3. The van der Waals surface area contributed by atoms with Crippen LogP contribution < -0.4 is 4.74 Å². The molecule has 0 aliphatic carbocycles. The van der Waals surface area contributed by atoms with Gasteiger partial charge >= 0.3 is 11.7 Å². The molecule has 0 aromatic carbocycles. The van der Waals surface area contributed by atoms with E-state index in [0.29, 0.717) is 0 Å². The minimum absolute atomic E-state index is 0.112. The minimum Gasteiger partial charge on any atom is -0.481 e. The zero-order valence-electron chi connectivity index (χ0n) is 8.09. The molecule has 0 atom stereocenters. The molecule has 1 rings (SSSR count). The number of pyridine rings is 1. The van der Waals surface area contributed by atoms with Crippen LogP contribution in [-0.4, -0.2) is 30.1 Å². The van der Waals surface area contributed by atoms with E-state index in [-0.39, 0.29) is 11.4 Å². The van der Waals surface area contributed by atoms with Gasteiger partial charge in [-0.3, -0.25) is 10.1 Å². The van der Waals surface area contributed by atoms with E-state index >= 15 is 0 Å². The summed E-state index contributed by atoms with van der Waals surface area (Å²) < 4.78 is 9.14. The summed E-state index contributed by atoms with van der Waals surface area (Å²) in [5.74, 6) is -0.691. The lowest BCUT2D eigenvalue weighted by Crippen LogP contribution is -2.06. The van der Waals surface area contributed by atoms with E-state index in [1.54, 1.807) is 0 Å². The Kier molecular flexibility index (Phi) is 3.17. The number of hydrogen-bond donors (Lipinski definition) is 0. The second-order valence-corrected chi connectivity index (χ2v) is 2.49. The van der Waals surface area contributed by atoms with E-state index in [2.05, 4.69) is 9.72 Å². The zero-order chi connectivity index (χ0) is 11.4. The zero-order valence-corrected chi connectivity index (χ0v) is 8.09. The van der Waals surface area contributed by atoms with Crippen molar-refractivity contribution >= 4 is 11.7 Å². The van der Waals surface area contributed by atoms with Crippen molar-refractivity contribution in [2.45, 2.75) is 0 Å². The molecule has 0 amide bonds. The highest BCUT2D eigenvalue weighted by Crippen LogP contribution is 2.21. The number of nitro groups is 1. The van der Waals surface area contributed by atoms with E-state index < -0.39 is 16.6 Å². The predicted octanol–water partition coefficient (Wildman–Crippen LogP) is 0.785. The summed E-state index contributed by atoms with van der Waals surface area (Å²) in [6, 6.07) is 1.16. The van der Waals surface area contributed by atoms with Gasteiger partial charge in [-0.1, -0.05) is 0 Å². The van der Waals surface area contributed by atoms with Crippen LogP contribution >= 0.6 is 0 Å². The summed E-state index contributed by atoms with van der Waals surface area (Å²) in [7, 11) is 2.48. The smallest absolute Gasteiger partial charge is 0.345 e. The Balaban J connectivity index is 3.28. The number of carbonyl (C=O) groups is 1. The van der Waals surface area contributed by atoms with Crippen molar-refractivity contribution in [1.29, 1.82) is 0 Å². The van der Waals surface area contributed by atoms with Crippen molar-refractivity contribution in [2.75, 3.05) is 14.2 Å². The lowest BCUT2D eigenvalue weighted by atomic mass is 10.2. The number of esters is 1. The predicted molar refractivity (Wildman–Crippen MR) is 48.8 cm³/mol. The number of ether oxygens (including phenoxy) is 2. The Bertz CT molecular complexity index is 404. The Morgan fingerprint density at radius 3 is 2.67 bits per heavy atom. The average Bonchev–Trinajstić information content (AvgIpc) is 2.26. The summed E-state index contributed by atoms with van der Waals surface area (Å²) in [6.07, 6.45) is 0.949. The first-order chi connectivity index (χ1) is 7.10. The van der Waals surface area contributed by atoms with E-state index in [1.807, 2.05) is 0 Å². The van der Waals surface area contributed by atoms with Crippen molar-refractivity contribution in [3.63, 3.8) is 0 Å². The number of methoxy groups -OCH3 is 2. The molecule has 1 aromatic rings. The summed E-state index contributed by atoms with van der Waals surface area (Å²) in [5, 5.41) is 10.6. The maximum absolute atomic E-state index is 11.2. The van der Waals surface area contributed by atoms with Gasteiger partial charge in [0.1, 0.15) is 11.8 Å². The van der Waals surface area contributed by atoms with E-state index in [1.165, 1.54) is 7.11 Å². The van der Waals surface area contributed by atoms with E-state index in [4.69, 9.17) is 4.74 Å². The van der Waals surface area contributed by atoms with Gasteiger partial charge in [-0.25, -0.2) is 9.78 Å². The fourth-order valence-corrected chi connectivity index (χ4v) is 0.960. The fourth-order valence-electron chi connectivity index (χ4n) is 0.960. The average molecular weight is 212 g/mol. The molecule has 0 aliphatic heterocycles. The molecule has 1 aromatic heterocycles. The van der Waals surface area contributed by atoms with Gasteiger partial charge in [0.2, 0.25) is 5.88 Å². The molecule has 0 radical (unpaired) electrons. The van der Waals surface area contributed by atoms with Gasteiger partial charge < -0.3 is 9.47 Å². The molecule has 0 saturated heterocycles. The lowest BCUT2D eigenvalue weighted by molar-refractivity contribution is -0.385. The first-order valence-electron chi connectivity index (χ1n) is 3.87. The highest BCUT2D eigenvalue weighted by atomic mass is 16.6. The van der Waals surface area contributed by atoms with Crippen LogP contribution in [0.25, 0.3) is 0 Å². The third-order valence-corrected chi connectivity index (χ3v) is 1.67. The number of hydrogen-bond acceptors (Lipinski definition) is 6. The maximum atomic E-state index is 11.2. The third-order valence-electron chi connectivity index (χ3n) is 1.67. The molecule has 80 valence electrons. The van der Waals surface area contributed by atoms with Gasteiger partial charge in [-0.2, -0.15) is 0 Å². The minimum atomic E-state index is -0.803. The van der Waals surface area contributed by atoms with Crippen molar-refractivity contribution in [2.24, 2.45) is 0 Å². The van der Waals surface area contributed by atoms with Gasteiger partial charge in [0.15, 0.2) is 0 Å². The van der Waals surface area contributed by atoms with Gasteiger partial charge in [0.25, 0.3) is 0 Å². The number of nitrogens with zero attached hydrogens (tertiary/aromatic N) is 2. The first-order valence-corrected chi connectivity index (χ1v) is 3.87. The largest absolute Gasteiger partial charge is 0.481 e. The summed E-state index contributed by atoms with van der Waals surface area (Å²) in [4.78, 5) is 24.7. The van der Waals surface area contributed by atoms with Gasteiger partial charge in [-0.05, 0) is 0 Å². The van der Waals surface area contributed by atoms with Gasteiger partial charge in [0, 0.05) is 6.07 Å². The lowest BCUT2D eigenvalue weighted by Gasteiger charge is -2.02. The molecule has 0 fully saturated rings. The molecular weight excluding hydrogens is 204 g/mol. The van der Waals surface area contributed by atoms with Crippen LogP contribution in [0.4, 0.5) is 5.69 Å². The Labute approximate surface area is 84.8 Å². The highest BCUT2D eigenvalue weighted by molar-refractivity contribution is 5.93. The van der Waals surface area contributed by atoms with Crippen LogP contribution in [-0.2, 0) is 4.74 Å². The van der Waals surface area contributed by atoms with Crippen LogP contribution in [0.15, 0.2) is 12.3 Å². The maximum Gasteiger partial charge on any atom is 0.345 e. The number of aromatic nitrogens is 1. The highest BCUT2D eigenvalue weighted by Gasteiger charge is 2.22. The Hall–Kier alpha value is -2.18. The van der Waals surface area contributed by atoms with Crippen molar-refractivity contribution < 1.29 is 19.2 Å². The first kappa shape index (κ1) is 10.9. The van der Waals surface area contributed by atoms with Crippen LogP contribution in [0.2, 0.25) is 0 Å². The topological polar surface area (TPSA) is 91.6 Å². The van der Waals surface area contributed by atoms with E-state index in [9.17, 15) is 14.9 Å². The third kappa shape index (κ3) is 2.19. The van der Waals surface area contributed by atoms with Gasteiger partial charge in [-0.15, -0.1) is 0 Å². The second kappa shape index (κ2) is 4.36. The number of carbonyl (C=O) groups excluding carboxylic acids is 1. The van der Waals surface area contributed by atoms with Crippen molar-refractivity contribution in [3.8, 4) is 5.88 Å². The Morgan fingerprint density at radius 2 is 2.20 bits per heavy atom. The summed E-state index contributed by atoms with van der Waals surface area (Å²) in [6.45, 7) is 0. The van der Waals surface area contributed by atoms with Crippen LogP contribution in [0.1, 0.15) is 10.4 Å². The van der Waals surface area contributed by atoms with Crippen molar-refractivity contribution in [3.05, 3.63) is 27.9 Å². The molecule has 0 N–H and O–H groups in total. The van der Waals surface area contributed by atoms with Crippen LogP contribution in [0.5, 0.6) is 5.88 Å². The van der Waals surface area contributed by atoms with Crippen LogP contribution in [0.3, 0.4) is 0 Å². The summed E-state index contributed by atoms with van der Waals surface area (Å²) >= 11 is 0. The molecule has 0 saturated carbocycles. The quantitative estimate of drug-likeness (QED) is 0.417. The van der Waals surface area contributed by atoms with Crippen LogP contribution in [0, 0.1) is 10.1 Å². The molecule has 7 nitrogen and oxygen atoms in total. The summed E-state index contributed by atoms with van der Waals surface area (Å²) in [5.41, 5.74) is -0.600. The molecule has 0 bridgehead atoms. The Morgan fingerprint density at radius 1 is 1.53 bits per heavy atom. The molecule has 1 heterocycles. The molecule has 7 heteroatoms. The molecule has 15 heavy (non-hydrogen) atoms. The van der Waals surface area contributed by atoms with Gasteiger partial charge in [0.05, 0.1) is 19.1 Å². The molecular formula is C8H8N2O5. The second-order valence-electron chi connectivity index (χ2n) is 2.49. The molecule has 0 aliphatic rings. The van der Waals surface area contributed by atoms with Crippen molar-refractivity contribution in [1.82, 2.24) is 4.98 Å². The normalized spacial score (nSPS) is 9.47.